The zero-order valence-electron chi connectivity index (χ0n) is 11.8. The van der Waals surface area contributed by atoms with Crippen LogP contribution in [0.1, 0.15) is 29.0 Å². The molecule has 0 fully saturated rings. The van der Waals surface area contributed by atoms with Crippen LogP contribution in [0.25, 0.3) is 0 Å². The van der Waals surface area contributed by atoms with Crippen molar-refractivity contribution < 1.29 is 4.79 Å². The van der Waals surface area contributed by atoms with E-state index in [2.05, 4.69) is 4.98 Å². The van der Waals surface area contributed by atoms with Crippen LogP contribution in [0.2, 0.25) is 20.2 Å². The van der Waals surface area contributed by atoms with Gasteiger partial charge in [0.2, 0.25) is 0 Å². The maximum absolute atomic E-state index is 12.6. The first-order valence-corrected chi connectivity index (χ1v) is 7.87. The van der Waals surface area contributed by atoms with Crippen molar-refractivity contribution in [3.05, 3.63) is 61.8 Å². The summed E-state index contributed by atoms with van der Waals surface area (Å²) in [6.45, 7) is 1.90. The number of amides is 1. The van der Waals surface area contributed by atoms with Gasteiger partial charge in [0.25, 0.3) is 5.91 Å². The SMILES string of the molecule is CC(c1ccccc1)N(C)C(=O)c1nc(Cl)c(Cl)c(Cl)c1Cl. The molecule has 2 rings (SSSR count). The van der Waals surface area contributed by atoms with Gasteiger partial charge in [-0.1, -0.05) is 76.7 Å². The Morgan fingerprint density at radius 2 is 1.64 bits per heavy atom. The third kappa shape index (κ3) is 3.33. The van der Waals surface area contributed by atoms with Gasteiger partial charge in [-0.25, -0.2) is 4.98 Å². The molecular formula is C15H12Cl4N2O. The predicted octanol–water partition coefficient (Wildman–Crippen LogP) is 5.53. The molecular weight excluding hydrogens is 366 g/mol. The summed E-state index contributed by atoms with van der Waals surface area (Å²) in [7, 11) is 1.66. The number of halogens is 4. The molecule has 2 aromatic rings. The highest BCUT2D eigenvalue weighted by Gasteiger charge is 2.25. The summed E-state index contributed by atoms with van der Waals surface area (Å²) in [4.78, 5) is 18.1. The molecule has 0 spiro atoms. The molecule has 1 unspecified atom stereocenters. The van der Waals surface area contributed by atoms with Crippen LogP contribution in [0.3, 0.4) is 0 Å². The minimum absolute atomic E-state index is 0.00632. The van der Waals surface area contributed by atoms with Crippen molar-refractivity contribution in [3.63, 3.8) is 0 Å². The van der Waals surface area contributed by atoms with E-state index < -0.39 is 0 Å². The van der Waals surface area contributed by atoms with Crippen molar-refractivity contribution in [1.82, 2.24) is 9.88 Å². The molecule has 1 aromatic heterocycles. The average Bonchev–Trinajstić information content (AvgIpc) is 2.55. The third-order valence-corrected chi connectivity index (χ3v) is 5.05. The summed E-state index contributed by atoms with van der Waals surface area (Å²) >= 11 is 23.8. The molecule has 116 valence electrons. The van der Waals surface area contributed by atoms with E-state index in [4.69, 9.17) is 46.4 Å². The Balaban J connectivity index is 2.36. The number of carbonyl (C=O) groups excluding carboxylic acids is 1. The zero-order chi connectivity index (χ0) is 16.4. The Bertz CT molecular complexity index is 706. The number of aromatic nitrogens is 1. The Morgan fingerprint density at radius 3 is 2.23 bits per heavy atom. The number of benzene rings is 1. The number of hydrogen-bond acceptors (Lipinski definition) is 2. The van der Waals surface area contributed by atoms with Crippen LogP contribution in [0.15, 0.2) is 30.3 Å². The van der Waals surface area contributed by atoms with E-state index in [1.807, 2.05) is 37.3 Å². The van der Waals surface area contributed by atoms with Crippen LogP contribution >= 0.6 is 46.4 Å². The quantitative estimate of drug-likeness (QED) is 0.659. The van der Waals surface area contributed by atoms with E-state index >= 15 is 0 Å². The predicted molar refractivity (Wildman–Crippen MR) is 91.2 cm³/mol. The number of nitrogens with zero attached hydrogens (tertiary/aromatic N) is 2. The third-order valence-electron chi connectivity index (χ3n) is 3.37. The maximum atomic E-state index is 12.6. The summed E-state index contributed by atoms with van der Waals surface area (Å²) in [6, 6.07) is 9.43. The first kappa shape index (κ1) is 17.4. The summed E-state index contributed by atoms with van der Waals surface area (Å²) in [5.74, 6) is -0.387. The molecule has 0 saturated heterocycles. The van der Waals surface area contributed by atoms with Gasteiger partial charge in [-0.15, -0.1) is 0 Å². The highest BCUT2D eigenvalue weighted by Crippen LogP contribution is 2.37. The first-order valence-electron chi connectivity index (χ1n) is 6.36. The molecule has 0 bridgehead atoms. The zero-order valence-corrected chi connectivity index (χ0v) is 14.8. The second-order valence-electron chi connectivity index (χ2n) is 4.70. The van der Waals surface area contributed by atoms with Gasteiger partial charge in [0.15, 0.2) is 0 Å². The van der Waals surface area contributed by atoms with Crippen LogP contribution < -0.4 is 0 Å². The normalized spacial score (nSPS) is 12.1. The number of carbonyl (C=O) groups is 1. The van der Waals surface area contributed by atoms with Crippen LogP contribution in [0, 0.1) is 0 Å². The monoisotopic (exact) mass is 376 g/mol. The van der Waals surface area contributed by atoms with E-state index in [1.54, 1.807) is 7.05 Å². The molecule has 0 radical (unpaired) electrons. The van der Waals surface area contributed by atoms with Gasteiger partial charge >= 0.3 is 0 Å². The second kappa shape index (κ2) is 7.05. The van der Waals surface area contributed by atoms with Crippen molar-refractivity contribution in [2.24, 2.45) is 0 Å². The Labute approximate surface area is 148 Å². The Kier molecular flexibility index (Phi) is 5.56. The minimum Gasteiger partial charge on any atom is -0.334 e. The molecule has 0 N–H and O–H groups in total. The van der Waals surface area contributed by atoms with E-state index in [0.29, 0.717) is 0 Å². The van der Waals surface area contributed by atoms with Gasteiger partial charge in [0, 0.05) is 7.05 Å². The summed E-state index contributed by atoms with van der Waals surface area (Å²) in [5, 5.41) is -0.00977. The fourth-order valence-electron chi connectivity index (χ4n) is 1.93. The van der Waals surface area contributed by atoms with Crippen LogP contribution in [0.4, 0.5) is 0 Å². The van der Waals surface area contributed by atoms with Gasteiger partial charge < -0.3 is 4.90 Å². The fourth-order valence-corrected chi connectivity index (χ4v) is 2.74. The second-order valence-corrected chi connectivity index (χ2v) is 6.19. The summed E-state index contributed by atoms with van der Waals surface area (Å²) < 4.78 is 0. The lowest BCUT2D eigenvalue weighted by molar-refractivity contribution is 0.0737. The van der Waals surface area contributed by atoms with E-state index in [-0.39, 0.29) is 37.9 Å². The van der Waals surface area contributed by atoms with E-state index in [9.17, 15) is 4.79 Å². The lowest BCUT2D eigenvalue weighted by atomic mass is 10.1. The number of pyridine rings is 1. The molecule has 7 heteroatoms. The van der Waals surface area contributed by atoms with E-state index in [1.165, 1.54) is 4.90 Å². The number of rotatable bonds is 3. The Morgan fingerprint density at radius 1 is 1.05 bits per heavy atom. The van der Waals surface area contributed by atoms with Gasteiger partial charge in [-0.3, -0.25) is 4.79 Å². The molecule has 0 aliphatic heterocycles. The minimum atomic E-state index is -0.387. The molecule has 0 aliphatic carbocycles. The lowest BCUT2D eigenvalue weighted by Crippen LogP contribution is -2.30. The van der Waals surface area contributed by atoms with Crippen molar-refractivity contribution in [2.45, 2.75) is 13.0 Å². The number of hydrogen-bond donors (Lipinski definition) is 0. The van der Waals surface area contributed by atoms with Gasteiger partial charge in [-0.05, 0) is 12.5 Å². The maximum Gasteiger partial charge on any atom is 0.274 e. The molecule has 1 heterocycles. The molecule has 3 nitrogen and oxygen atoms in total. The standard InChI is InChI=1S/C15H12Cl4N2O/c1-8(9-6-4-3-5-7-9)21(2)15(22)13-11(17)10(16)12(18)14(19)20-13/h3-8H,1-2H3. The van der Waals surface area contributed by atoms with Crippen LogP contribution in [0.5, 0.6) is 0 Å². The van der Waals surface area contributed by atoms with Gasteiger partial charge in [0.1, 0.15) is 10.8 Å². The largest absolute Gasteiger partial charge is 0.334 e. The van der Waals surface area contributed by atoms with Gasteiger partial charge in [-0.2, -0.15) is 0 Å². The molecule has 0 saturated carbocycles. The Hall–Kier alpha value is -1.000. The molecule has 1 amide bonds. The highest BCUT2D eigenvalue weighted by atomic mass is 35.5. The highest BCUT2D eigenvalue weighted by molar-refractivity contribution is 6.52. The lowest BCUT2D eigenvalue weighted by Gasteiger charge is -2.25. The van der Waals surface area contributed by atoms with Crippen molar-refractivity contribution >= 4 is 52.3 Å². The molecule has 1 aromatic carbocycles. The summed E-state index contributed by atoms with van der Waals surface area (Å²) in [6.07, 6.45) is 0. The smallest absolute Gasteiger partial charge is 0.274 e. The van der Waals surface area contributed by atoms with Crippen molar-refractivity contribution in [1.29, 1.82) is 0 Å². The molecule has 0 aliphatic rings. The first-order chi connectivity index (χ1) is 10.3. The fraction of sp³-hybridized carbons (Fsp3) is 0.200. The van der Waals surface area contributed by atoms with Crippen molar-refractivity contribution in [3.8, 4) is 0 Å². The van der Waals surface area contributed by atoms with Crippen molar-refractivity contribution in [2.75, 3.05) is 7.05 Å². The van der Waals surface area contributed by atoms with Crippen LogP contribution in [-0.2, 0) is 0 Å². The van der Waals surface area contributed by atoms with Crippen LogP contribution in [-0.4, -0.2) is 22.8 Å². The average molecular weight is 378 g/mol. The van der Waals surface area contributed by atoms with Gasteiger partial charge in [0.05, 0.1) is 21.1 Å². The molecule has 22 heavy (non-hydrogen) atoms. The topological polar surface area (TPSA) is 33.2 Å². The summed E-state index contributed by atoms with van der Waals surface area (Å²) in [5.41, 5.74) is 0.965. The molecule has 1 atom stereocenters. The van der Waals surface area contributed by atoms with E-state index in [0.717, 1.165) is 5.56 Å².